The number of para-hydroxylation sites is 3. The summed E-state index contributed by atoms with van der Waals surface area (Å²) in [7, 11) is 0. The van der Waals surface area contributed by atoms with Crippen molar-refractivity contribution in [3.8, 4) is 11.5 Å². The number of ether oxygens (including phenoxy) is 2. The maximum absolute atomic E-state index is 5.95. The lowest BCUT2D eigenvalue weighted by Gasteiger charge is -2.11. The number of rotatable bonds is 9. The van der Waals surface area contributed by atoms with Crippen LogP contribution < -0.4 is 9.47 Å². The molecule has 4 nitrogen and oxygen atoms in total. The summed E-state index contributed by atoms with van der Waals surface area (Å²) < 4.78 is 14.1. The van der Waals surface area contributed by atoms with Crippen molar-refractivity contribution in [2.75, 3.05) is 6.61 Å². The van der Waals surface area contributed by atoms with Gasteiger partial charge in [-0.25, -0.2) is 4.98 Å². The van der Waals surface area contributed by atoms with E-state index in [0.29, 0.717) is 13.2 Å². The summed E-state index contributed by atoms with van der Waals surface area (Å²) in [6.45, 7) is 4.14. The predicted molar refractivity (Wildman–Crippen MR) is 116 cm³/mol. The van der Waals surface area contributed by atoms with Crippen LogP contribution >= 0.6 is 0 Å². The number of aryl methyl sites for hydroxylation is 2. The largest absolute Gasteiger partial charge is 0.494 e. The molecule has 0 aliphatic carbocycles. The molecule has 0 aliphatic rings. The summed E-state index contributed by atoms with van der Waals surface area (Å²) in [6, 6.07) is 26.3. The van der Waals surface area contributed by atoms with Gasteiger partial charge < -0.3 is 14.0 Å². The van der Waals surface area contributed by atoms with E-state index in [-0.39, 0.29) is 0 Å². The van der Waals surface area contributed by atoms with Crippen LogP contribution in [0.3, 0.4) is 0 Å². The molecule has 0 saturated carbocycles. The summed E-state index contributed by atoms with van der Waals surface area (Å²) in [5.41, 5.74) is 3.38. The van der Waals surface area contributed by atoms with Gasteiger partial charge >= 0.3 is 0 Å². The topological polar surface area (TPSA) is 36.3 Å². The van der Waals surface area contributed by atoms with Crippen molar-refractivity contribution in [3.63, 3.8) is 0 Å². The fraction of sp³-hybridized carbons (Fsp3) is 0.240. The minimum Gasteiger partial charge on any atom is -0.494 e. The third kappa shape index (κ3) is 4.96. The lowest BCUT2D eigenvalue weighted by molar-refractivity contribution is 0.285. The molecular formula is C25H26N2O2. The molecular weight excluding hydrogens is 360 g/mol. The van der Waals surface area contributed by atoms with E-state index in [0.717, 1.165) is 47.7 Å². The van der Waals surface area contributed by atoms with Gasteiger partial charge in [-0.3, -0.25) is 0 Å². The number of benzene rings is 3. The molecule has 0 bridgehead atoms. The second kappa shape index (κ2) is 9.28. The van der Waals surface area contributed by atoms with E-state index in [1.807, 2.05) is 48.5 Å². The molecule has 0 atom stereocenters. The zero-order valence-electron chi connectivity index (χ0n) is 16.8. The van der Waals surface area contributed by atoms with Gasteiger partial charge in [0.05, 0.1) is 17.6 Å². The molecule has 4 heteroatoms. The second-order valence-electron chi connectivity index (χ2n) is 7.14. The fourth-order valence-corrected chi connectivity index (χ4v) is 3.42. The zero-order chi connectivity index (χ0) is 19.9. The van der Waals surface area contributed by atoms with Crippen LogP contribution in [0.25, 0.3) is 11.0 Å². The number of hydrogen-bond acceptors (Lipinski definition) is 3. The molecule has 0 radical (unpaired) electrons. The average Bonchev–Trinajstić information content (AvgIpc) is 3.10. The number of aromatic nitrogens is 2. The highest BCUT2D eigenvalue weighted by Gasteiger charge is 2.11. The van der Waals surface area contributed by atoms with Crippen molar-refractivity contribution in [1.82, 2.24) is 9.55 Å². The monoisotopic (exact) mass is 386 g/mol. The maximum Gasteiger partial charge on any atom is 0.147 e. The van der Waals surface area contributed by atoms with Crippen molar-refractivity contribution in [1.29, 1.82) is 0 Å². The van der Waals surface area contributed by atoms with Crippen LogP contribution in [-0.4, -0.2) is 16.2 Å². The van der Waals surface area contributed by atoms with E-state index in [2.05, 4.69) is 41.8 Å². The van der Waals surface area contributed by atoms with E-state index in [1.54, 1.807) is 0 Å². The summed E-state index contributed by atoms with van der Waals surface area (Å²) in [6.07, 6.45) is 2.00. The summed E-state index contributed by atoms with van der Waals surface area (Å²) in [4.78, 5) is 4.79. The van der Waals surface area contributed by atoms with Gasteiger partial charge in [-0.2, -0.15) is 0 Å². The van der Waals surface area contributed by atoms with Crippen molar-refractivity contribution in [3.05, 3.63) is 90.3 Å². The van der Waals surface area contributed by atoms with Crippen LogP contribution in [0, 0.1) is 6.92 Å². The smallest absolute Gasteiger partial charge is 0.147 e. The molecule has 0 saturated heterocycles. The molecule has 0 amide bonds. The number of hydrogen-bond donors (Lipinski definition) is 0. The van der Waals surface area contributed by atoms with Gasteiger partial charge in [0, 0.05) is 6.54 Å². The normalized spacial score (nSPS) is 10.9. The van der Waals surface area contributed by atoms with Crippen molar-refractivity contribution in [2.45, 2.75) is 32.9 Å². The Morgan fingerprint density at radius 1 is 0.793 bits per heavy atom. The number of unbranched alkanes of at least 4 members (excludes halogenated alkanes) is 1. The Labute approximate surface area is 171 Å². The highest BCUT2D eigenvalue weighted by molar-refractivity contribution is 5.75. The first-order valence-electron chi connectivity index (χ1n) is 10.1. The second-order valence-corrected chi connectivity index (χ2v) is 7.14. The first-order chi connectivity index (χ1) is 14.3. The van der Waals surface area contributed by atoms with Crippen LogP contribution in [0.5, 0.6) is 11.5 Å². The molecule has 4 aromatic rings. The number of nitrogens with zero attached hydrogens (tertiary/aromatic N) is 2. The van der Waals surface area contributed by atoms with Crippen molar-refractivity contribution in [2.24, 2.45) is 0 Å². The average molecular weight is 386 g/mol. The van der Waals surface area contributed by atoms with Gasteiger partial charge in [0.1, 0.15) is 23.9 Å². The van der Waals surface area contributed by atoms with E-state index < -0.39 is 0 Å². The van der Waals surface area contributed by atoms with Crippen LogP contribution in [-0.2, 0) is 13.2 Å². The first-order valence-corrected chi connectivity index (χ1v) is 10.1. The lowest BCUT2D eigenvalue weighted by atomic mass is 10.2. The molecule has 3 aromatic carbocycles. The molecule has 0 aliphatic heterocycles. The summed E-state index contributed by atoms with van der Waals surface area (Å²) in [5.74, 6) is 2.75. The van der Waals surface area contributed by atoms with E-state index in [1.165, 1.54) is 5.56 Å². The SMILES string of the molecule is Cc1cccc(OCCCCn2c(COc3ccccc3)nc3ccccc32)c1. The van der Waals surface area contributed by atoms with Crippen LogP contribution in [0.15, 0.2) is 78.9 Å². The lowest BCUT2D eigenvalue weighted by Crippen LogP contribution is -2.08. The summed E-state index contributed by atoms with van der Waals surface area (Å²) in [5, 5.41) is 0. The van der Waals surface area contributed by atoms with E-state index in [4.69, 9.17) is 14.5 Å². The van der Waals surface area contributed by atoms with Crippen LogP contribution in [0.4, 0.5) is 0 Å². The predicted octanol–water partition coefficient (Wildman–Crippen LogP) is 5.78. The Morgan fingerprint density at radius 2 is 1.59 bits per heavy atom. The van der Waals surface area contributed by atoms with Crippen molar-refractivity contribution < 1.29 is 9.47 Å². The molecule has 0 spiro atoms. The molecule has 0 N–H and O–H groups in total. The molecule has 4 rings (SSSR count). The van der Waals surface area contributed by atoms with Gasteiger partial charge in [0.15, 0.2) is 0 Å². The Morgan fingerprint density at radius 3 is 2.45 bits per heavy atom. The van der Waals surface area contributed by atoms with Gasteiger partial charge in [-0.1, -0.05) is 42.5 Å². The zero-order valence-corrected chi connectivity index (χ0v) is 16.8. The molecule has 0 unspecified atom stereocenters. The highest BCUT2D eigenvalue weighted by atomic mass is 16.5. The number of fused-ring (bicyclic) bond motifs is 1. The number of imidazole rings is 1. The van der Waals surface area contributed by atoms with Gasteiger partial charge in [-0.05, 0) is 61.7 Å². The highest BCUT2D eigenvalue weighted by Crippen LogP contribution is 2.19. The molecule has 148 valence electrons. The van der Waals surface area contributed by atoms with Gasteiger partial charge in [0.25, 0.3) is 0 Å². The van der Waals surface area contributed by atoms with Crippen molar-refractivity contribution >= 4 is 11.0 Å². The molecule has 0 fully saturated rings. The molecule has 29 heavy (non-hydrogen) atoms. The fourth-order valence-electron chi connectivity index (χ4n) is 3.42. The minimum absolute atomic E-state index is 0.457. The Kier molecular flexibility index (Phi) is 6.10. The van der Waals surface area contributed by atoms with Gasteiger partial charge in [-0.15, -0.1) is 0 Å². The standard InChI is InChI=1S/C25H26N2O2/c1-20-10-9-13-22(18-20)28-17-8-7-16-27-24-15-6-5-14-23(24)26-25(27)19-29-21-11-3-2-4-12-21/h2-6,9-15,18H,7-8,16-17,19H2,1H3. The third-order valence-corrected chi connectivity index (χ3v) is 4.88. The third-order valence-electron chi connectivity index (χ3n) is 4.88. The maximum atomic E-state index is 5.95. The van der Waals surface area contributed by atoms with Gasteiger partial charge in [0.2, 0.25) is 0 Å². The Bertz CT molecular complexity index is 1060. The molecule has 1 heterocycles. The first kappa shape index (κ1) is 19.1. The van der Waals surface area contributed by atoms with E-state index in [9.17, 15) is 0 Å². The quantitative estimate of drug-likeness (QED) is 0.342. The van der Waals surface area contributed by atoms with Crippen LogP contribution in [0.2, 0.25) is 0 Å². The van der Waals surface area contributed by atoms with Crippen LogP contribution in [0.1, 0.15) is 24.2 Å². The summed E-state index contributed by atoms with van der Waals surface area (Å²) >= 11 is 0. The Hall–Kier alpha value is -3.27. The van der Waals surface area contributed by atoms with E-state index >= 15 is 0 Å². The minimum atomic E-state index is 0.457. The molecule has 1 aromatic heterocycles. The Balaban J connectivity index is 1.37.